The van der Waals surface area contributed by atoms with Crippen molar-refractivity contribution in [1.82, 2.24) is 4.90 Å². The number of rotatable bonds is 6. The quantitative estimate of drug-likeness (QED) is 0.815. The maximum atomic E-state index is 12.7. The molecule has 0 aliphatic carbocycles. The average molecular weight is 373 g/mol. The van der Waals surface area contributed by atoms with Crippen molar-refractivity contribution in [3.8, 4) is 5.75 Å². The van der Waals surface area contributed by atoms with Crippen LogP contribution in [0.25, 0.3) is 0 Å². The molecule has 0 bridgehead atoms. The highest BCUT2D eigenvalue weighted by molar-refractivity contribution is 7.14. The number of benzene rings is 1. The molecule has 138 valence electrons. The molecule has 1 aliphatic heterocycles. The van der Waals surface area contributed by atoms with Crippen molar-refractivity contribution in [2.75, 3.05) is 19.0 Å². The highest BCUT2D eigenvalue weighted by atomic mass is 32.1. The first-order valence-electron chi connectivity index (χ1n) is 8.59. The number of methoxy groups -OCH3 is 1. The summed E-state index contributed by atoms with van der Waals surface area (Å²) in [6.07, 6.45) is 2.05. The lowest BCUT2D eigenvalue weighted by Gasteiger charge is -2.30. The molecular formula is C19H23N3O3S. The molecule has 0 radical (unpaired) electrons. The second kappa shape index (κ2) is 7.88. The minimum Gasteiger partial charge on any atom is -0.497 e. The summed E-state index contributed by atoms with van der Waals surface area (Å²) in [5.41, 5.74) is 6.88. The van der Waals surface area contributed by atoms with Crippen LogP contribution in [-0.2, 0) is 4.79 Å². The maximum absolute atomic E-state index is 12.7. The van der Waals surface area contributed by atoms with Gasteiger partial charge >= 0.3 is 0 Å². The third-order valence-corrected chi connectivity index (χ3v) is 5.67. The van der Waals surface area contributed by atoms with Crippen molar-refractivity contribution in [1.29, 1.82) is 0 Å². The van der Waals surface area contributed by atoms with E-state index in [2.05, 4.69) is 22.3 Å². The zero-order chi connectivity index (χ0) is 18.7. The number of likely N-dealkylation sites (tertiary alicyclic amines) is 1. The van der Waals surface area contributed by atoms with Gasteiger partial charge in [0.05, 0.1) is 18.7 Å². The van der Waals surface area contributed by atoms with Gasteiger partial charge in [0.25, 0.3) is 5.91 Å². The van der Waals surface area contributed by atoms with Gasteiger partial charge in [0.15, 0.2) is 0 Å². The zero-order valence-corrected chi connectivity index (χ0v) is 15.7. The molecule has 0 spiro atoms. The number of nitrogens with one attached hydrogen (secondary N) is 1. The summed E-state index contributed by atoms with van der Waals surface area (Å²) >= 11 is 1.30. The fraction of sp³-hybridized carbons (Fsp3) is 0.368. The third-order valence-electron chi connectivity index (χ3n) is 4.84. The first-order chi connectivity index (χ1) is 12.5. The SMILES string of the molecule is COc1ccc([C@@H]2CCCN2[C@H](C)C(=O)Nc2sccc2C(N)=O)cc1. The lowest BCUT2D eigenvalue weighted by atomic mass is 10.0. The number of primary amides is 1. The molecule has 2 atom stereocenters. The largest absolute Gasteiger partial charge is 0.497 e. The van der Waals surface area contributed by atoms with Crippen LogP contribution < -0.4 is 15.8 Å². The molecule has 6 nitrogen and oxygen atoms in total. The number of carbonyl (C=O) groups is 2. The van der Waals surface area contributed by atoms with Crippen LogP contribution in [0.2, 0.25) is 0 Å². The van der Waals surface area contributed by atoms with E-state index in [0.717, 1.165) is 25.1 Å². The van der Waals surface area contributed by atoms with Gasteiger partial charge in [-0.25, -0.2) is 0 Å². The number of hydrogen-bond donors (Lipinski definition) is 2. The van der Waals surface area contributed by atoms with Crippen molar-refractivity contribution in [3.63, 3.8) is 0 Å². The highest BCUT2D eigenvalue weighted by Gasteiger charge is 2.33. The van der Waals surface area contributed by atoms with Gasteiger partial charge in [0, 0.05) is 6.04 Å². The van der Waals surface area contributed by atoms with Crippen LogP contribution in [0.3, 0.4) is 0 Å². The van der Waals surface area contributed by atoms with Crippen LogP contribution in [0.15, 0.2) is 35.7 Å². The number of carbonyl (C=O) groups excluding carboxylic acids is 2. The molecule has 0 unspecified atom stereocenters. The lowest BCUT2D eigenvalue weighted by molar-refractivity contribution is -0.121. The van der Waals surface area contributed by atoms with Crippen LogP contribution in [-0.4, -0.2) is 36.4 Å². The summed E-state index contributed by atoms with van der Waals surface area (Å²) in [6, 6.07) is 9.51. The molecule has 1 aromatic carbocycles. The van der Waals surface area contributed by atoms with Gasteiger partial charge in [-0.15, -0.1) is 11.3 Å². The van der Waals surface area contributed by atoms with Gasteiger partial charge in [-0.1, -0.05) is 12.1 Å². The molecule has 1 aromatic heterocycles. The van der Waals surface area contributed by atoms with Crippen LogP contribution in [0.5, 0.6) is 5.75 Å². The Morgan fingerprint density at radius 2 is 2.04 bits per heavy atom. The predicted octanol–water partition coefficient (Wildman–Crippen LogP) is 3.02. The summed E-state index contributed by atoms with van der Waals surface area (Å²) in [5, 5.41) is 5.11. The first-order valence-corrected chi connectivity index (χ1v) is 9.47. The van der Waals surface area contributed by atoms with Gasteiger partial charge in [-0.2, -0.15) is 0 Å². The van der Waals surface area contributed by atoms with E-state index in [1.165, 1.54) is 16.9 Å². The molecule has 7 heteroatoms. The smallest absolute Gasteiger partial charge is 0.251 e. The molecule has 1 saturated heterocycles. The highest BCUT2D eigenvalue weighted by Crippen LogP contribution is 2.34. The fourth-order valence-electron chi connectivity index (χ4n) is 3.40. The molecule has 0 saturated carbocycles. The van der Waals surface area contributed by atoms with E-state index >= 15 is 0 Å². The molecule has 1 aliphatic rings. The Morgan fingerprint density at radius 1 is 1.31 bits per heavy atom. The number of amides is 2. The third kappa shape index (κ3) is 3.73. The Balaban J connectivity index is 1.72. The van der Waals surface area contributed by atoms with Crippen molar-refractivity contribution in [3.05, 3.63) is 46.8 Å². The number of nitrogens with zero attached hydrogens (tertiary/aromatic N) is 1. The molecule has 2 amide bonds. The number of nitrogens with two attached hydrogens (primary N) is 1. The first kappa shape index (κ1) is 18.4. The Morgan fingerprint density at radius 3 is 2.69 bits per heavy atom. The molecule has 3 rings (SSSR count). The van der Waals surface area contributed by atoms with Crippen LogP contribution in [0.4, 0.5) is 5.00 Å². The minimum atomic E-state index is -0.536. The zero-order valence-electron chi connectivity index (χ0n) is 14.9. The van der Waals surface area contributed by atoms with Crippen LogP contribution in [0.1, 0.15) is 41.7 Å². The van der Waals surface area contributed by atoms with Crippen molar-refractivity contribution in [2.45, 2.75) is 31.8 Å². The van der Waals surface area contributed by atoms with Crippen LogP contribution in [0, 0.1) is 0 Å². The summed E-state index contributed by atoms with van der Waals surface area (Å²) in [6.45, 7) is 2.76. The van der Waals surface area contributed by atoms with E-state index < -0.39 is 5.91 Å². The fourth-order valence-corrected chi connectivity index (χ4v) is 4.20. The van der Waals surface area contributed by atoms with Gasteiger partial charge in [0.1, 0.15) is 10.8 Å². The molecule has 2 heterocycles. The average Bonchev–Trinajstić information content (AvgIpc) is 3.30. The predicted molar refractivity (Wildman–Crippen MR) is 103 cm³/mol. The topological polar surface area (TPSA) is 84.7 Å². The standard InChI is InChI=1S/C19H23N3O3S/c1-12(18(24)21-19-15(17(20)23)9-11-26-19)22-10-3-4-16(22)13-5-7-14(25-2)8-6-13/h5-9,11-12,16H,3-4,10H2,1-2H3,(H2,20,23)(H,21,24)/t12-,16+/m1/s1. The van der Waals surface area contributed by atoms with E-state index in [1.807, 2.05) is 19.1 Å². The van der Waals surface area contributed by atoms with Gasteiger partial charge in [-0.05, 0) is 55.5 Å². The normalized spacial score (nSPS) is 18.5. The van der Waals surface area contributed by atoms with Crippen molar-refractivity contribution < 1.29 is 14.3 Å². The molecule has 2 aromatic rings. The Kier molecular flexibility index (Phi) is 5.58. The number of ether oxygens (including phenoxy) is 1. The van der Waals surface area contributed by atoms with Gasteiger partial charge < -0.3 is 15.8 Å². The number of hydrogen-bond acceptors (Lipinski definition) is 5. The Labute approximate surface area is 156 Å². The number of thiophene rings is 1. The Bertz CT molecular complexity index is 788. The van der Waals surface area contributed by atoms with Crippen molar-refractivity contribution >= 4 is 28.2 Å². The molecule has 1 fully saturated rings. The van der Waals surface area contributed by atoms with E-state index in [1.54, 1.807) is 18.6 Å². The molecular weight excluding hydrogens is 350 g/mol. The summed E-state index contributed by atoms with van der Waals surface area (Å²) in [7, 11) is 1.65. The van der Waals surface area contributed by atoms with Gasteiger partial charge in [0.2, 0.25) is 5.91 Å². The summed E-state index contributed by atoms with van der Waals surface area (Å²) < 4.78 is 5.22. The summed E-state index contributed by atoms with van der Waals surface area (Å²) in [4.78, 5) is 26.4. The van der Waals surface area contributed by atoms with E-state index in [4.69, 9.17) is 10.5 Å². The van der Waals surface area contributed by atoms with E-state index in [9.17, 15) is 9.59 Å². The lowest BCUT2D eigenvalue weighted by Crippen LogP contribution is -2.41. The molecule has 3 N–H and O–H groups in total. The number of anilines is 1. The second-order valence-corrected chi connectivity index (χ2v) is 7.28. The maximum Gasteiger partial charge on any atom is 0.251 e. The van der Waals surface area contributed by atoms with Crippen molar-refractivity contribution in [2.24, 2.45) is 5.73 Å². The Hall–Kier alpha value is -2.38. The van der Waals surface area contributed by atoms with Gasteiger partial charge in [-0.3, -0.25) is 14.5 Å². The second-order valence-electron chi connectivity index (χ2n) is 6.36. The summed E-state index contributed by atoms with van der Waals surface area (Å²) in [5.74, 6) is 0.155. The monoisotopic (exact) mass is 373 g/mol. The molecule has 26 heavy (non-hydrogen) atoms. The van der Waals surface area contributed by atoms with Crippen LogP contribution >= 0.6 is 11.3 Å². The van der Waals surface area contributed by atoms with E-state index in [0.29, 0.717) is 10.6 Å². The minimum absolute atomic E-state index is 0.129. The van der Waals surface area contributed by atoms with E-state index in [-0.39, 0.29) is 18.0 Å².